The lowest BCUT2D eigenvalue weighted by molar-refractivity contribution is 0.710. The Balaban J connectivity index is 3.67. The van der Waals surface area contributed by atoms with Crippen molar-refractivity contribution >= 4 is 19.8 Å². The van der Waals surface area contributed by atoms with Crippen molar-refractivity contribution in [2.75, 3.05) is 18.1 Å². The van der Waals surface area contributed by atoms with E-state index in [9.17, 15) is 0 Å². The van der Waals surface area contributed by atoms with E-state index < -0.39 is 8.07 Å². The molecule has 0 radical (unpaired) electrons. The molecule has 0 amide bonds. The zero-order chi connectivity index (χ0) is 11.2. The van der Waals surface area contributed by atoms with Crippen LogP contribution in [-0.4, -0.2) is 26.1 Å². The Kier molecular flexibility index (Phi) is 6.42. The zero-order valence-corrected chi connectivity index (χ0v) is 12.3. The highest BCUT2D eigenvalue weighted by Gasteiger charge is 2.33. The van der Waals surface area contributed by atoms with Gasteiger partial charge in [-0.3, -0.25) is 0 Å². The summed E-state index contributed by atoms with van der Waals surface area (Å²) in [4.78, 5) is 0. The third-order valence-corrected chi connectivity index (χ3v) is 10.1. The molecule has 0 rings (SSSR count). The van der Waals surface area contributed by atoms with Crippen molar-refractivity contribution < 1.29 is 0 Å². The van der Waals surface area contributed by atoms with Crippen LogP contribution in [0.3, 0.4) is 0 Å². The van der Waals surface area contributed by atoms with Gasteiger partial charge in [-0.1, -0.05) is 39.9 Å². The van der Waals surface area contributed by atoms with E-state index in [1.165, 1.54) is 18.2 Å². The molecule has 0 fully saturated rings. The second-order valence-electron chi connectivity index (χ2n) is 5.64. The summed E-state index contributed by atoms with van der Waals surface area (Å²) in [5.41, 5.74) is 5.45. The predicted molar refractivity (Wildman–Crippen MR) is 73.0 cm³/mol. The van der Waals surface area contributed by atoms with E-state index >= 15 is 0 Å². The fraction of sp³-hybridized carbons (Fsp3) is 1.00. The van der Waals surface area contributed by atoms with Crippen LogP contribution in [0.1, 0.15) is 27.2 Å². The summed E-state index contributed by atoms with van der Waals surface area (Å²) in [6, 6.07) is 1.45. The minimum Gasteiger partial charge on any atom is -0.330 e. The van der Waals surface area contributed by atoms with Crippen molar-refractivity contribution in [3.8, 4) is 0 Å². The van der Waals surface area contributed by atoms with Gasteiger partial charge in [0.15, 0.2) is 0 Å². The summed E-state index contributed by atoms with van der Waals surface area (Å²) in [7, 11) is -1.01. The van der Waals surface area contributed by atoms with E-state index in [4.69, 9.17) is 5.73 Å². The first kappa shape index (κ1) is 14.5. The van der Waals surface area contributed by atoms with Gasteiger partial charge in [0.05, 0.1) is 8.07 Å². The van der Waals surface area contributed by atoms with Crippen LogP contribution in [0.25, 0.3) is 0 Å². The number of hydrogen-bond acceptors (Lipinski definition) is 2. The van der Waals surface area contributed by atoms with E-state index in [2.05, 4.69) is 33.9 Å². The maximum atomic E-state index is 5.45. The van der Waals surface area contributed by atoms with Crippen LogP contribution in [0.4, 0.5) is 0 Å². The van der Waals surface area contributed by atoms with Crippen molar-refractivity contribution in [1.29, 1.82) is 0 Å². The predicted octanol–water partition coefficient (Wildman–Crippen LogP) is 3.58. The van der Waals surface area contributed by atoms with Crippen LogP contribution in [0.15, 0.2) is 0 Å². The molecule has 0 aliphatic carbocycles. The summed E-state index contributed by atoms with van der Waals surface area (Å²) in [6.45, 7) is 13.0. The Morgan fingerprint density at radius 2 is 1.71 bits per heavy atom. The smallest absolute Gasteiger partial charge is 0.0528 e. The fourth-order valence-corrected chi connectivity index (χ4v) is 3.96. The molecule has 14 heavy (non-hydrogen) atoms. The number of hydrogen-bond donors (Lipinski definition) is 1. The maximum Gasteiger partial charge on any atom is 0.0528 e. The minimum atomic E-state index is -1.01. The Hall–Kier alpha value is 0.527. The molecule has 2 N–H and O–H groups in total. The SMILES string of the molecule is CC(C)(C)[Si](C)(C)CCCSCCN. The van der Waals surface area contributed by atoms with Gasteiger partial charge in [0.25, 0.3) is 0 Å². The molecular formula is C11H27NSSi. The van der Waals surface area contributed by atoms with E-state index in [0.717, 1.165) is 12.3 Å². The van der Waals surface area contributed by atoms with Crippen LogP contribution in [0.2, 0.25) is 24.2 Å². The minimum absolute atomic E-state index is 0.547. The van der Waals surface area contributed by atoms with Crippen molar-refractivity contribution in [2.45, 2.75) is 51.4 Å². The molecule has 0 atom stereocenters. The Bertz CT molecular complexity index is 152. The first-order valence-electron chi connectivity index (χ1n) is 5.59. The number of nitrogens with two attached hydrogens (primary N) is 1. The van der Waals surface area contributed by atoms with Crippen molar-refractivity contribution in [3.05, 3.63) is 0 Å². The lowest BCUT2D eigenvalue weighted by atomic mass is 10.2. The molecule has 0 aromatic carbocycles. The topological polar surface area (TPSA) is 26.0 Å². The van der Waals surface area contributed by atoms with Crippen LogP contribution in [0.5, 0.6) is 0 Å². The van der Waals surface area contributed by atoms with Crippen molar-refractivity contribution in [2.24, 2.45) is 5.73 Å². The third kappa shape index (κ3) is 5.42. The highest BCUT2D eigenvalue weighted by molar-refractivity contribution is 7.99. The third-order valence-electron chi connectivity index (χ3n) is 3.38. The number of rotatable bonds is 6. The highest BCUT2D eigenvalue weighted by atomic mass is 32.2. The summed E-state index contributed by atoms with van der Waals surface area (Å²) in [5.74, 6) is 2.42. The standard InChI is InChI=1S/C11H27NSSi/c1-11(2,3)14(4,5)10-6-8-13-9-7-12/h6-10,12H2,1-5H3. The normalized spacial score (nSPS) is 13.3. The van der Waals surface area contributed by atoms with Gasteiger partial charge < -0.3 is 5.73 Å². The van der Waals surface area contributed by atoms with E-state index in [-0.39, 0.29) is 0 Å². The van der Waals surface area contributed by atoms with Crippen LogP contribution in [-0.2, 0) is 0 Å². The molecule has 0 aromatic heterocycles. The summed E-state index contributed by atoms with van der Waals surface area (Å²) < 4.78 is 0. The van der Waals surface area contributed by atoms with E-state index in [1.807, 2.05) is 11.8 Å². The molecule has 0 unspecified atom stereocenters. The van der Waals surface area contributed by atoms with Gasteiger partial charge in [0.1, 0.15) is 0 Å². The Morgan fingerprint density at radius 3 is 2.14 bits per heavy atom. The first-order chi connectivity index (χ1) is 6.31. The van der Waals surface area contributed by atoms with Crippen LogP contribution < -0.4 is 5.73 Å². The number of thioether (sulfide) groups is 1. The van der Waals surface area contributed by atoms with E-state index in [0.29, 0.717) is 5.04 Å². The Morgan fingerprint density at radius 1 is 1.14 bits per heavy atom. The molecule has 0 aromatic rings. The zero-order valence-electron chi connectivity index (χ0n) is 10.5. The lowest BCUT2D eigenvalue weighted by Crippen LogP contribution is -2.36. The summed E-state index contributed by atoms with van der Waals surface area (Å²) >= 11 is 2.00. The molecule has 0 saturated carbocycles. The molecule has 0 spiro atoms. The van der Waals surface area contributed by atoms with Gasteiger partial charge in [-0.05, 0) is 17.2 Å². The molecule has 0 aliphatic rings. The van der Waals surface area contributed by atoms with Gasteiger partial charge >= 0.3 is 0 Å². The first-order valence-corrected chi connectivity index (χ1v) is 9.95. The average molecular weight is 233 g/mol. The quantitative estimate of drug-likeness (QED) is 0.560. The monoisotopic (exact) mass is 233 g/mol. The molecular weight excluding hydrogens is 206 g/mol. The fourth-order valence-electron chi connectivity index (χ4n) is 1.18. The van der Waals surface area contributed by atoms with Gasteiger partial charge in [-0.25, -0.2) is 0 Å². The Labute approximate surface area is 95.2 Å². The maximum absolute atomic E-state index is 5.45. The summed E-state index contributed by atoms with van der Waals surface area (Å²) in [5, 5.41) is 0.547. The van der Waals surface area contributed by atoms with Gasteiger partial charge in [0, 0.05) is 12.3 Å². The molecule has 86 valence electrons. The highest BCUT2D eigenvalue weighted by Crippen LogP contribution is 2.39. The molecule has 1 nitrogen and oxygen atoms in total. The van der Waals surface area contributed by atoms with Gasteiger partial charge in [-0.2, -0.15) is 11.8 Å². The molecule has 0 heterocycles. The van der Waals surface area contributed by atoms with Gasteiger partial charge in [-0.15, -0.1) is 0 Å². The molecule has 0 aliphatic heterocycles. The average Bonchev–Trinajstić information content (AvgIpc) is 2.02. The largest absolute Gasteiger partial charge is 0.330 e. The second-order valence-corrected chi connectivity index (χ2v) is 12.6. The van der Waals surface area contributed by atoms with Crippen molar-refractivity contribution in [1.82, 2.24) is 0 Å². The lowest BCUT2D eigenvalue weighted by Gasteiger charge is -2.37. The van der Waals surface area contributed by atoms with Gasteiger partial charge in [0.2, 0.25) is 0 Å². The van der Waals surface area contributed by atoms with Crippen molar-refractivity contribution in [3.63, 3.8) is 0 Å². The molecule has 3 heteroatoms. The van der Waals surface area contributed by atoms with Crippen LogP contribution in [0, 0.1) is 0 Å². The molecule has 0 bridgehead atoms. The van der Waals surface area contributed by atoms with Crippen LogP contribution >= 0.6 is 11.8 Å². The van der Waals surface area contributed by atoms with E-state index in [1.54, 1.807) is 0 Å². The summed E-state index contributed by atoms with van der Waals surface area (Å²) in [6.07, 6.45) is 1.38. The molecule has 0 saturated heterocycles. The second kappa shape index (κ2) is 6.18.